The van der Waals surface area contributed by atoms with Crippen molar-refractivity contribution in [2.75, 3.05) is 0 Å². The van der Waals surface area contributed by atoms with Crippen LogP contribution < -0.4 is 0 Å². The highest BCUT2D eigenvalue weighted by atomic mass is 35.5. The van der Waals surface area contributed by atoms with E-state index in [1.165, 1.54) is 11.3 Å². The number of aliphatic hydroxyl groups is 1. The normalized spacial score (nSPS) is 13.1. The number of thiophene rings is 1. The van der Waals surface area contributed by atoms with Crippen LogP contribution in [-0.4, -0.2) is 10.1 Å². The van der Waals surface area contributed by atoms with Crippen LogP contribution in [0.15, 0.2) is 42.6 Å². The van der Waals surface area contributed by atoms with Gasteiger partial charge >= 0.3 is 0 Å². The Morgan fingerprint density at radius 2 is 2.06 bits per heavy atom. The van der Waals surface area contributed by atoms with Crippen LogP contribution in [0.1, 0.15) is 16.5 Å². The molecule has 17 heavy (non-hydrogen) atoms. The Bertz CT molecular complexity index is 658. The van der Waals surface area contributed by atoms with Crippen LogP contribution in [0, 0.1) is 0 Å². The Morgan fingerprint density at radius 1 is 1.18 bits per heavy atom. The summed E-state index contributed by atoms with van der Waals surface area (Å²) in [5, 5.41) is 11.3. The first-order valence-electron chi connectivity index (χ1n) is 5.24. The first-order valence-corrected chi connectivity index (χ1v) is 6.44. The summed E-state index contributed by atoms with van der Waals surface area (Å²) in [4.78, 5) is 4.00. The molecule has 0 bridgehead atoms. The third kappa shape index (κ3) is 1.97. The molecule has 0 aliphatic carbocycles. The van der Waals surface area contributed by atoms with E-state index in [0.717, 1.165) is 21.3 Å². The van der Waals surface area contributed by atoms with Gasteiger partial charge in [0.25, 0.3) is 0 Å². The summed E-state index contributed by atoms with van der Waals surface area (Å²) in [5.41, 5.74) is 1.96. The summed E-state index contributed by atoms with van der Waals surface area (Å²) in [6.07, 6.45) is 1.29. The third-order valence-corrected chi connectivity index (χ3v) is 4.04. The molecule has 3 aromatic rings. The van der Waals surface area contributed by atoms with Crippen molar-refractivity contribution >= 4 is 33.8 Å². The van der Waals surface area contributed by atoms with E-state index in [-0.39, 0.29) is 0 Å². The standard InChI is InChI=1S/C13H10ClNOS/c14-12-4-3-11(17-12)13(16)9-1-2-10-8(7-9)5-6-15-10/h1-7,13,15-16H. The quantitative estimate of drug-likeness (QED) is 0.721. The molecule has 2 heterocycles. The van der Waals surface area contributed by atoms with Crippen LogP contribution in [0.25, 0.3) is 10.9 Å². The van der Waals surface area contributed by atoms with E-state index in [4.69, 9.17) is 11.6 Å². The van der Waals surface area contributed by atoms with Crippen molar-refractivity contribution in [1.82, 2.24) is 4.98 Å². The lowest BCUT2D eigenvalue weighted by atomic mass is 10.1. The largest absolute Gasteiger partial charge is 0.383 e. The maximum Gasteiger partial charge on any atom is 0.113 e. The lowest BCUT2D eigenvalue weighted by Crippen LogP contribution is -1.96. The zero-order chi connectivity index (χ0) is 11.8. The molecule has 1 unspecified atom stereocenters. The number of rotatable bonds is 2. The molecule has 0 fully saturated rings. The van der Waals surface area contributed by atoms with Gasteiger partial charge in [-0.1, -0.05) is 17.7 Å². The van der Waals surface area contributed by atoms with Crippen molar-refractivity contribution in [2.45, 2.75) is 6.10 Å². The Balaban J connectivity index is 2.02. The molecule has 4 heteroatoms. The van der Waals surface area contributed by atoms with Gasteiger partial charge in [-0.2, -0.15) is 0 Å². The van der Waals surface area contributed by atoms with Crippen molar-refractivity contribution in [1.29, 1.82) is 0 Å². The zero-order valence-electron chi connectivity index (χ0n) is 8.85. The van der Waals surface area contributed by atoms with Crippen LogP contribution in [0.2, 0.25) is 4.34 Å². The summed E-state index contributed by atoms with van der Waals surface area (Å²) in [5.74, 6) is 0. The third-order valence-electron chi connectivity index (χ3n) is 2.76. The summed E-state index contributed by atoms with van der Waals surface area (Å²) in [6, 6.07) is 11.6. The molecule has 0 saturated carbocycles. The summed E-state index contributed by atoms with van der Waals surface area (Å²) >= 11 is 7.28. The average Bonchev–Trinajstić information content (AvgIpc) is 2.95. The van der Waals surface area contributed by atoms with Gasteiger partial charge in [0.05, 0.1) is 4.34 Å². The maximum absolute atomic E-state index is 10.2. The van der Waals surface area contributed by atoms with Crippen molar-refractivity contribution in [3.8, 4) is 0 Å². The highest BCUT2D eigenvalue weighted by molar-refractivity contribution is 7.16. The van der Waals surface area contributed by atoms with Gasteiger partial charge in [-0.3, -0.25) is 0 Å². The smallest absolute Gasteiger partial charge is 0.113 e. The molecule has 0 aliphatic heterocycles. The molecule has 2 aromatic heterocycles. The van der Waals surface area contributed by atoms with Crippen LogP contribution >= 0.6 is 22.9 Å². The van der Waals surface area contributed by atoms with Crippen molar-refractivity contribution in [2.24, 2.45) is 0 Å². The topological polar surface area (TPSA) is 36.0 Å². The molecule has 3 rings (SSSR count). The lowest BCUT2D eigenvalue weighted by molar-refractivity contribution is 0.224. The van der Waals surface area contributed by atoms with Crippen molar-refractivity contribution < 1.29 is 5.11 Å². The van der Waals surface area contributed by atoms with E-state index in [2.05, 4.69) is 4.98 Å². The van der Waals surface area contributed by atoms with Gasteiger partial charge in [0.2, 0.25) is 0 Å². The minimum Gasteiger partial charge on any atom is -0.383 e. The average molecular weight is 264 g/mol. The van der Waals surface area contributed by atoms with Gasteiger partial charge in [-0.15, -0.1) is 11.3 Å². The number of nitrogens with one attached hydrogen (secondary N) is 1. The second-order valence-electron chi connectivity index (χ2n) is 3.87. The molecule has 0 amide bonds. The molecule has 1 aromatic carbocycles. The predicted molar refractivity (Wildman–Crippen MR) is 71.7 cm³/mol. The fourth-order valence-corrected chi connectivity index (χ4v) is 2.96. The van der Waals surface area contributed by atoms with Gasteiger partial charge in [0.1, 0.15) is 6.10 Å². The van der Waals surface area contributed by atoms with E-state index >= 15 is 0 Å². The van der Waals surface area contributed by atoms with Crippen LogP contribution in [0.3, 0.4) is 0 Å². The fourth-order valence-electron chi connectivity index (χ4n) is 1.88. The number of hydrogen-bond donors (Lipinski definition) is 2. The van der Waals surface area contributed by atoms with Crippen molar-refractivity contribution in [3.05, 3.63) is 57.4 Å². The monoisotopic (exact) mass is 263 g/mol. The van der Waals surface area contributed by atoms with Crippen LogP contribution in [0.4, 0.5) is 0 Å². The van der Waals surface area contributed by atoms with Gasteiger partial charge < -0.3 is 10.1 Å². The number of aromatic nitrogens is 1. The van der Waals surface area contributed by atoms with Crippen LogP contribution in [0.5, 0.6) is 0 Å². The molecule has 1 atom stereocenters. The number of aliphatic hydroxyl groups excluding tert-OH is 1. The maximum atomic E-state index is 10.2. The second-order valence-corrected chi connectivity index (χ2v) is 5.62. The van der Waals surface area contributed by atoms with Gasteiger partial charge in [-0.25, -0.2) is 0 Å². The van der Waals surface area contributed by atoms with E-state index in [0.29, 0.717) is 4.34 Å². The molecule has 2 N–H and O–H groups in total. The van der Waals surface area contributed by atoms with Gasteiger partial charge in [0.15, 0.2) is 0 Å². The molecule has 0 aliphatic rings. The SMILES string of the molecule is OC(c1ccc2[nH]ccc2c1)c1ccc(Cl)s1. The summed E-state index contributed by atoms with van der Waals surface area (Å²) < 4.78 is 0.696. The first kappa shape index (κ1) is 10.8. The molecule has 86 valence electrons. The molecular formula is C13H10ClNOS. The predicted octanol–water partition coefficient (Wildman–Crippen LogP) is 3.96. The number of hydrogen-bond acceptors (Lipinski definition) is 2. The Hall–Kier alpha value is -1.29. The molecular weight excluding hydrogens is 254 g/mol. The molecule has 2 nitrogen and oxygen atoms in total. The van der Waals surface area contributed by atoms with E-state index in [9.17, 15) is 5.11 Å². The van der Waals surface area contributed by atoms with Gasteiger partial charge in [0, 0.05) is 16.6 Å². The first-order chi connectivity index (χ1) is 8.24. The molecule has 0 saturated heterocycles. The number of fused-ring (bicyclic) bond motifs is 1. The second kappa shape index (κ2) is 4.18. The summed E-state index contributed by atoms with van der Waals surface area (Å²) in [7, 11) is 0. The Kier molecular flexibility index (Phi) is 2.67. The molecule has 0 radical (unpaired) electrons. The van der Waals surface area contributed by atoms with Gasteiger partial charge in [-0.05, 0) is 41.3 Å². The highest BCUT2D eigenvalue weighted by Crippen LogP contribution is 2.31. The van der Waals surface area contributed by atoms with E-state index < -0.39 is 6.10 Å². The van der Waals surface area contributed by atoms with E-state index in [1.807, 2.05) is 36.5 Å². The minimum absolute atomic E-state index is 0.605. The highest BCUT2D eigenvalue weighted by Gasteiger charge is 2.13. The minimum atomic E-state index is -0.605. The number of benzene rings is 1. The van der Waals surface area contributed by atoms with Crippen LogP contribution in [-0.2, 0) is 0 Å². The number of H-pyrrole nitrogens is 1. The number of halogens is 1. The van der Waals surface area contributed by atoms with E-state index in [1.54, 1.807) is 6.07 Å². The zero-order valence-corrected chi connectivity index (χ0v) is 10.4. The fraction of sp³-hybridized carbons (Fsp3) is 0.0769. The lowest BCUT2D eigenvalue weighted by Gasteiger charge is -2.08. The Morgan fingerprint density at radius 3 is 2.82 bits per heavy atom. The number of aromatic amines is 1. The van der Waals surface area contributed by atoms with Crippen molar-refractivity contribution in [3.63, 3.8) is 0 Å². The Labute approximate surface area is 107 Å². The molecule has 0 spiro atoms. The summed E-state index contributed by atoms with van der Waals surface area (Å²) in [6.45, 7) is 0.